The molecule has 5 heteroatoms. The van der Waals surface area contributed by atoms with Crippen LogP contribution < -0.4 is 5.73 Å². The maximum atomic E-state index is 12.1. The van der Waals surface area contributed by atoms with Crippen LogP contribution in [0.1, 0.15) is 239 Å². The first-order chi connectivity index (χ1) is 23.5. The molecule has 2 atom stereocenters. The molecule has 0 amide bonds. The number of hydrogen-bond donors (Lipinski definition) is 2. The van der Waals surface area contributed by atoms with E-state index < -0.39 is 0 Å². The lowest BCUT2D eigenvalue weighted by Gasteiger charge is -2.04. The maximum Gasteiger partial charge on any atom is 0.158 e. The largest absolute Gasteiger partial charge is 0.392 e. The van der Waals surface area contributed by atoms with Crippen molar-refractivity contribution in [3.63, 3.8) is 0 Å². The zero-order chi connectivity index (χ0) is 35.6. The summed E-state index contributed by atoms with van der Waals surface area (Å²) in [6, 6.07) is 0. The molecule has 0 spiro atoms. The number of rotatable bonds is 38. The van der Waals surface area contributed by atoms with Gasteiger partial charge in [-0.2, -0.15) is 0 Å². The minimum absolute atomic E-state index is 0.0852. The number of unbranched alkanes of at least 4 members (excludes halogenated alkanes) is 27. The van der Waals surface area contributed by atoms with Crippen LogP contribution in [0.2, 0.25) is 0 Å². The van der Waals surface area contributed by atoms with Gasteiger partial charge in [-0.15, -0.1) is 0 Å². The Kier molecular flexibility index (Phi) is 45.9. The van der Waals surface area contributed by atoms with Crippen molar-refractivity contribution in [2.75, 3.05) is 6.54 Å². The van der Waals surface area contributed by atoms with Crippen LogP contribution in [0.25, 0.3) is 0 Å². The highest BCUT2D eigenvalue weighted by molar-refractivity contribution is 7.73. The number of hydrogen-bond acceptors (Lipinski definition) is 4. The maximum absolute atomic E-state index is 12.1. The zero-order valence-corrected chi connectivity index (χ0v) is 33.8. The predicted octanol–water partition coefficient (Wildman–Crippen LogP) is 13.9. The average molecular weight is 696 g/mol. The van der Waals surface area contributed by atoms with E-state index >= 15 is 0 Å². The van der Waals surface area contributed by atoms with Crippen molar-refractivity contribution in [3.8, 4) is 0 Å². The minimum atomic E-state index is -0.267. The predicted molar refractivity (Wildman–Crippen MR) is 217 cm³/mol. The Bertz CT molecular complexity index is 668. The summed E-state index contributed by atoms with van der Waals surface area (Å²) in [7, 11) is -0.0852. The summed E-state index contributed by atoms with van der Waals surface area (Å²) in [5.74, 6) is 0. The van der Waals surface area contributed by atoms with Crippen LogP contribution in [0.15, 0.2) is 12.2 Å². The van der Waals surface area contributed by atoms with Crippen LogP contribution in [-0.4, -0.2) is 28.8 Å². The van der Waals surface area contributed by atoms with Crippen molar-refractivity contribution < 1.29 is 14.7 Å². The van der Waals surface area contributed by atoms with Gasteiger partial charge in [0.25, 0.3) is 0 Å². The van der Waals surface area contributed by atoms with E-state index in [-0.39, 0.29) is 25.7 Å². The van der Waals surface area contributed by atoms with Crippen LogP contribution in [0.5, 0.6) is 0 Å². The van der Waals surface area contributed by atoms with Crippen molar-refractivity contribution in [1.29, 1.82) is 0 Å². The first-order valence-corrected chi connectivity index (χ1v) is 22.4. The van der Waals surface area contributed by atoms with Gasteiger partial charge in [0.1, 0.15) is 0 Å². The van der Waals surface area contributed by atoms with Gasteiger partial charge in [0.15, 0.2) is 11.0 Å². The molecule has 0 rings (SSSR count). The molecule has 0 aliphatic heterocycles. The highest BCUT2D eigenvalue weighted by atomic mass is 31.1. The third-order valence-electron chi connectivity index (χ3n) is 9.36. The summed E-state index contributed by atoms with van der Waals surface area (Å²) >= 11 is 0. The van der Waals surface area contributed by atoms with Crippen molar-refractivity contribution in [2.24, 2.45) is 5.73 Å². The number of aliphatic hydroxyl groups excluding tert-OH is 1. The Morgan fingerprint density at radius 3 is 1.10 bits per heavy atom. The topological polar surface area (TPSA) is 80.4 Å². The summed E-state index contributed by atoms with van der Waals surface area (Å²) in [5, 5.41) is 8.96. The zero-order valence-electron chi connectivity index (χ0n) is 32.8. The lowest BCUT2D eigenvalue weighted by atomic mass is 10.0. The number of carbonyl (C=O) groups is 2. The van der Waals surface area contributed by atoms with Crippen LogP contribution in [0.3, 0.4) is 0 Å². The molecule has 0 saturated carbocycles. The SMILES string of the molecule is CCCCCC(O)CN.CCCCCCCC/C=C\CCCCCCCC(=O)PC(=O)CCCCCCCCCCCCCCCCC. The molecule has 0 saturated heterocycles. The molecule has 0 radical (unpaired) electrons. The smallest absolute Gasteiger partial charge is 0.158 e. The number of allylic oxidation sites excluding steroid dienone is 2. The van der Waals surface area contributed by atoms with Gasteiger partial charge in [-0.3, -0.25) is 9.59 Å². The van der Waals surface area contributed by atoms with Crippen molar-refractivity contribution in [2.45, 2.75) is 245 Å². The first kappa shape index (κ1) is 49.5. The summed E-state index contributed by atoms with van der Waals surface area (Å²) < 4.78 is 0. The van der Waals surface area contributed by atoms with E-state index in [0.29, 0.717) is 19.4 Å². The molecule has 2 unspecified atom stereocenters. The van der Waals surface area contributed by atoms with Gasteiger partial charge < -0.3 is 10.8 Å². The summed E-state index contributed by atoms with van der Waals surface area (Å²) in [4.78, 5) is 24.3. The van der Waals surface area contributed by atoms with E-state index in [1.807, 2.05) is 0 Å². The second kappa shape index (κ2) is 44.5. The molecule has 0 fully saturated rings. The minimum Gasteiger partial charge on any atom is -0.392 e. The monoisotopic (exact) mass is 696 g/mol. The van der Waals surface area contributed by atoms with Crippen molar-refractivity contribution in [3.05, 3.63) is 12.2 Å². The fourth-order valence-corrected chi connectivity index (χ4v) is 6.96. The molecule has 0 aliphatic carbocycles. The molecular formula is C43H86NO3P. The van der Waals surface area contributed by atoms with Crippen molar-refractivity contribution in [1.82, 2.24) is 0 Å². The molecule has 3 N–H and O–H groups in total. The first-order valence-electron chi connectivity index (χ1n) is 21.4. The highest BCUT2D eigenvalue weighted by Gasteiger charge is 2.09. The van der Waals surface area contributed by atoms with Gasteiger partial charge in [0.05, 0.1) is 6.10 Å². The fraction of sp³-hybridized carbons (Fsp3) is 0.907. The third-order valence-corrected chi connectivity index (χ3v) is 10.4. The van der Waals surface area contributed by atoms with E-state index in [0.717, 1.165) is 38.5 Å². The third kappa shape index (κ3) is 45.4. The Hall–Kier alpha value is -0.570. The molecule has 0 aromatic heterocycles. The summed E-state index contributed by atoms with van der Waals surface area (Å²) in [5.41, 5.74) is 5.59. The molecule has 286 valence electrons. The lowest BCUT2D eigenvalue weighted by Crippen LogP contribution is -2.19. The molecule has 48 heavy (non-hydrogen) atoms. The lowest BCUT2D eigenvalue weighted by molar-refractivity contribution is -0.113. The van der Waals surface area contributed by atoms with Gasteiger partial charge in [-0.25, -0.2) is 0 Å². The Labute approximate surface area is 303 Å². The number of carbonyl (C=O) groups excluding carboxylic acids is 2. The van der Waals surface area contributed by atoms with Crippen LogP contribution >= 0.6 is 8.58 Å². The molecule has 0 aromatic rings. The molecule has 0 heterocycles. The van der Waals surface area contributed by atoms with E-state index in [4.69, 9.17) is 10.8 Å². The summed E-state index contributed by atoms with van der Waals surface area (Å²) in [6.07, 6.45) is 46.7. The van der Waals surface area contributed by atoms with Gasteiger partial charge in [0.2, 0.25) is 0 Å². The van der Waals surface area contributed by atoms with Gasteiger partial charge in [-0.05, 0) is 44.9 Å². The normalized spacial score (nSPS) is 12.2. The quantitative estimate of drug-likeness (QED) is 0.0383. The Morgan fingerprint density at radius 1 is 0.479 bits per heavy atom. The summed E-state index contributed by atoms with van der Waals surface area (Å²) in [6.45, 7) is 7.11. The second-order valence-electron chi connectivity index (χ2n) is 14.4. The molecule has 0 aromatic carbocycles. The number of aliphatic hydroxyl groups is 1. The fourth-order valence-electron chi connectivity index (χ4n) is 6.04. The van der Waals surface area contributed by atoms with Gasteiger partial charge in [0, 0.05) is 28.0 Å². The Morgan fingerprint density at radius 2 is 0.771 bits per heavy atom. The van der Waals surface area contributed by atoms with Crippen LogP contribution in [-0.2, 0) is 9.59 Å². The van der Waals surface area contributed by atoms with Crippen LogP contribution in [0, 0.1) is 0 Å². The van der Waals surface area contributed by atoms with E-state index in [1.165, 1.54) is 167 Å². The van der Waals surface area contributed by atoms with E-state index in [9.17, 15) is 9.59 Å². The van der Waals surface area contributed by atoms with E-state index in [2.05, 4.69) is 32.9 Å². The van der Waals surface area contributed by atoms with Gasteiger partial charge in [-0.1, -0.05) is 193 Å². The second-order valence-corrected chi connectivity index (χ2v) is 15.8. The Balaban J connectivity index is 0. The molecule has 4 nitrogen and oxygen atoms in total. The highest BCUT2D eigenvalue weighted by Crippen LogP contribution is 2.22. The number of nitrogens with two attached hydrogens (primary N) is 1. The van der Waals surface area contributed by atoms with Gasteiger partial charge >= 0.3 is 0 Å². The molecule has 0 bridgehead atoms. The van der Waals surface area contributed by atoms with E-state index in [1.54, 1.807) is 0 Å². The molecule has 0 aliphatic rings. The molecular weight excluding hydrogens is 609 g/mol. The van der Waals surface area contributed by atoms with Crippen molar-refractivity contribution >= 4 is 19.6 Å². The van der Waals surface area contributed by atoms with Crippen LogP contribution in [0.4, 0.5) is 0 Å². The standard InChI is InChI=1S/C36H69O2P.C7H17NO/c1-3-5-7-9-11-13-15-17-19-21-23-25-27-29-31-33-35(37)39-36(38)34-32-30-28-26-24-22-20-18-16-14-12-10-8-6-4-2;1-2-3-4-5-7(9)6-8/h17,19,39H,3-16,18,20-34H2,1-2H3;7,9H,2-6,8H2,1H3/b19-17-;. The average Bonchev–Trinajstić information content (AvgIpc) is 3.08.